The molecule has 2 aliphatic heterocycles. The van der Waals surface area contributed by atoms with Crippen molar-refractivity contribution in [2.24, 2.45) is 17.8 Å². The van der Waals surface area contributed by atoms with Gasteiger partial charge in [0, 0.05) is 26.4 Å². The normalized spacial score (nSPS) is 37.8. The number of rotatable bonds is 16. The zero-order valence-electron chi connectivity index (χ0n) is 33.0. The lowest BCUT2D eigenvalue weighted by atomic mass is 9.74. The van der Waals surface area contributed by atoms with Gasteiger partial charge in [-0.25, -0.2) is 0 Å². The number of unbranched alkanes of at least 4 members (excludes halogenated alkanes) is 1. The second kappa shape index (κ2) is 20.8. The molecule has 15 nitrogen and oxygen atoms in total. The van der Waals surface area contributed by atoms with E-state index in [0.29, 0.717) is 19.3 Å². The van der Waals surface area contributed by atoms with E-state index in [-0.39, 0.29) is 31.0 Å². The second-order valence-electron chi connectivity index (χ2n) is 16.1. The van der Waals surface area contributed by atoms with Gasteiger partial charge in [0.2, 0.25) is 0 Å². The summed E-state index contributed by atoms with van der Waals surface area (Å²) in [5, 5.41) is 55.4. The molecule has 2 saturated heterocycles. The molecule has 324 valence electrons. The van der Waals surface area contributed by atoms with Crippen LogP contribution in [0.5, 0.6) is 0 Å². The number of hydrogen-bond donors (Lipinski definition) is 6. The minimum atomic E-state index is -5.40. The van der Waals surface area contributed by atoms with E-state index in [2.05, 4.69) is 0 Å². The van der Waals surface area contributed by atoms with Crippen LogP contribution in [0.4, 0.5) is 13.2 Å². The lowest BCUT2D eigenvalue weighted by Gasteiger charge is -2.49. The molecule has 0 aromatic heterocycles. The van der Waals surface area contributed by atoms with Crippen LogP contribution in [0.3, 0.4) is 0 Å². The number of likely N-dealkylation sites (N-methyl/N-ethyl adjacent to an activating group) is 1. The molecule has 4 fully saturated rings. The predicted molar refractivity (Wildman–Crippen MR) is 191 cm³/mol. The van der Waals surface area contributed by atoms with Gasteiger partial charge in [0.05, 0.1) is 24.9 Å². The molecular weight excluding hydrogens is 749 g/mol. The van der Waals surface area contributed by atoms with Gasteiger partial charge in [-0.3, -0.25) is 14.4 Å². The summed E-state index contributed by atoms with van der Waals surface area (Å²) in [4.78, 5) is 40.9. The van der Waals surface area contributed by atoms with Gasteiger partial charge in [-0.15, -0.1) is 0 Å². The summed E-state index contributed by atoms with van der Waals surface area (Å²) in [7, 11) is 2.98. The Morgan fingerprint density at radius 2 is 1.57 bits per heavy atom. The smallest absolute Gasteiger partial charge is 0.394 e. The Bertz CT molecular complexity index is 1270. The summed E-state index contributed by atoms with van der Waals surface area (Å²) in [5.41, 5.74) is 0. The fourth-order valence-corrected chi connectivity index (χ4v) is 8.47. The van der Waals surface area contributed by atoms with Crippen LogP contribution in [-0.2, 0) is 38.1 Å². The van der Waals surface area contributed by atoms with E-state index >= 15 is 0 Å². The molecular formula is C38H63F3N2O13. The number of carbonyl (C=O) groups is 3. The van der Waals surface area contributed by atoms with E-state index in [1.54, 1.807) is 0 Å². The number of halogens is 3. The number of nitrogens with one attached hydrogen (secondary N) is 1. The Kier molecular flexibility index (Phi) is 17.3. The topological polar surface area (TPSA) is 214 Å². The Morgan fingerprint density at radius 1 is 0.893 bits per heavy atom. The average Bonchev–Trinajstić information content (AvgIpc) is 3.16. The quantitative estimate of drug-likeness (QED) is 0.131. The highest BCUT2D eigenvalue weighted by Gasteiger charge is 2.54. The van der Waals surface area contributed by atoms with Crippen molar-refractivity contribution in [3.8, 4) is 0 Å². The van der Waals surface area contributed by atoms with Crippen LogP contribution in [0.2, 0.25) is 0 Å². The van der Waals surface area contributed by atoms with E-state index in [9.17, 15) is 53.1 Å². The van der Waals surface area contributed by atoms with Gasteiger partial charge in [0.1, 0.15) is 54.6 Å². The highest BCUT2D eigenvalue weighted by molar-refractivity contribution is 5.82. The SMILES string of the molecule is CCCCC(=O)C1CC(CC)[C@@H](OC2O[C@@H](C)[C@H](O)C(O)[C@@H]2O)[C@H](O[C@@H]2O[C@@H](CO)[C@H](O)C(O[C@@H](CC3CCCCC3)C(=O)N(C)C)C2NC(=O)C(F)(F)F)C1. The van der Waals surface area contributed by atoms with Crippen LogP contribution in [0.1, 0.15) is 97.8 Å². The van der Waals surface area contributed by atoms with Crippen molar-refractivity contribution in [2.45, 2.75) is 184 Å². The number of alkyl halides is 3. The third-order valence-electron chi connectivity index (χ3n) is 11.8. The van der Waals surface area contributed by atoms with Crippen LogP contribution < -0.4 is 5.32 Å². The Morgan fingerprint density at radius 3 is 2.16 bits per heavy atom. The third-order valence-corrected chi connectivity index (χ3v) is 11.8. The molecule has 2 amide bonds. The lowest BCUT2D eigenvalue weighted by Crippen LogP contribution is -2.68. The molecule has 4 aliphatic rings. The minimum Gasteiger partial charge on any atom is -0.394 e. The molecule has 0 spiro atoms. The zero-order valence-corrected chi connectivity index (χ0v) is 33.0. The van der Waals surface area contributed by atoms with Crippen molar-refractivity contribution < 1.29 is 76.8 Å². The Hall–Kier alpha value is -2.00. The monoisotopic (exact) mass is 812 g/mol. The summed E-state index contributed by atoms with van der Waals surface area (Å²) in [6, 6.07) is -1.91. The number of hydrogen-bond acceptors (Lipinski definition) is 13. The summed E-state index contributed by atoms with van der Waals surface area (Å²) in [6.07, 6.45) is -16.1. The number of ether oxygens (including phenoxy) is 5. The molecule has 4 rings (SSSR count). The van der Waals surface area contributed by atoms with Gasteiger partial charge in [-0.05, 0) is 44.4 Å². The number of aliphatic hydroxyl groups is 5. The maximum atomic E-state index is 13.9. The molecule has 2 saturated carbocycles. The summed E-state index contributed by atoms with van der Waals surface area (Å²) in [6.45, 7) is 4.39. The summed E-state index contributed by atoms with van der Waals surface area (Å²) < 4.78 is 72.4. The van der Waals surface area contributed by atoms with Gasteiger partial charge >= 0.3 is 12.1 Å². The van der Waals surface area contributed by atoms with Gasteiger partial charge in [-0.1, -0.05) is 58.8 Å². The second-order valence-corrected chi connectivity index (χ2v) is 16.1. The largest absolute Gasteiger partial charge is 0.471 e. The number of ketones is 1. The van der Waals surface area contributed by atoms with E-state index in [4.69, 9.17) is 23.7 Å². The molecule has 0 bridgehead atoms. The van der Waals surface area contributed by atoms with E-state index in [1.807, 2.05) is 19.2 Å². The first kappa shape index (κ1) is 46.7. The van der Waals surface area contributed by atoms with Crippen LogP contribution in [0.15, 0.2) is 0 Å². The zero-order chi connectivity index (χ0) is 41.5. The maximum Gasteiger partial charge on any atom is 0.471 e. The van der Waals surface area contributed by atoms with E-state index in [1.165, 1.54) is 25.9 Å². The van der Waals surface area contributed by atoms with Crippen molar-refractivity contribution in [3.63, 3.8) is 0 Å². The van der Waals surface area contributed by atoms with Crippen molar-refractivity contribution in [1.82, 2.24) is 10.2 Å². The lowest BCUT2D eigenvalue weighted by molar-refractivity contribution is -0.338. The molecule has 0 radical (unpaired) electrons. The van der Waals surface area contributed by atoms with Crippen molar-refractivity contribution in [3.05, 3.63) is 0 Å². The highest BCUT2D eigenvalue weighted by Crippen LogP contribution is 2.41. The molecule has 2 heterocycles. The van der Waals surface area contributed by atoms with Gasteiger partial charge < -0.3 is 59.4 Å². The van der Waals surface area contributed by atoms with Gasteiger partial charge in [0.15, 0.2) is 12.6 Å². The summed E-state index contributed by atoms with van der Waals surface area (Å²) in [5.74, 6) is -3.98. The molecule has 0 aromatic carbocycles. The molecule has 2 aliphatic carbocycles. The van der Waals surface area contributed by atoms with Crippen molar-refractivity contribution in [2.75, 3.05) is 20.7 Å². The van der Waals surface area contributed by atoms with Crippen LogP contribution >= 0.6 is 0 Å². The molecule has 6 unspecified atom stereocenters. The summed E-state index contributed by atoms with van der Waals surface area (Å²) >= 11 is 0. The molecule has 56 heavy (non-hydrogen) atoms. The first-order chi connectivity index (χ1) is 26.4. The fraction of sp³-hybridized carbons (Fsp3) is 0.921. The standard InChI is InChI=1S/C38H63F3N2O13/c1-6-8-14-23(45)22-16-21(7-2)32(56-36-31(49)30(48)28(46)19(3)52-36)24(17-22)54-35-27(42-37(51)38(39,40)41)33(29(47)26(18-44)55-35)53-25(34(50)43(4)5)15-20-12-10-9-11-13-20/h19-22,24-33,35-36,44,46-49H,6-18H2,1-5H3,(H,42,51)/t19-,21?,22?,24+,25-,26-,27?,28-,29-,30?,31-,32+,33?,35+,36?/m0/s1. The number of aliphatic hydroxyl groups excluding tert-OH is 5. The van der Waals surface area contributed by atoms with Crippen LogP contribution in [0.25, 0.3) is 0 Å². The minimum absolute atomic E-state index is 0.0334. The number of nitrogens with zero attached hydrogens (tertiary/aromatic N) is 1. The number of amides is 2. The first-order valence-corrected chi connectivity index (χ1v) is 20.1. The highest BCUT2D eigenvalue weighted by atomic mass is 19.4. The van der Waals surface area contributed by atoms with Crippen LogP contribution in [0, 0.1) is 17.8 Å². The van der Waals surface area contributed by atoms with Crippen LogP contribution in [-0.4, -0.2) is 155 Å². The van der Waals surface area contributed by atoms with Gasteiger partial charge in [0.25, 0.3) is 5.91 Å². The maximum absolute atomic E-state index is 13.9. The number of Topliss-reactive ketones (excluding diaryl/α,β-unsaturated/α-hetero) is 1. The van der Waals surface area contributed by atoms with Crippen molar-refractivity contribution >= 4 is 17.6 Å². The third kappa shape index (κ3) is 11.6. The molecule has 0 aromatic rings. The van der Waals surface area contributed by atoms with Gasteiger partial charge in [-0.2, -0.15) is 13.2 Å². The molecule has 15 atom stereocenters. The molecule has 6 N–H and O–H groups in total. The molecule has 18 heteroatoms. The Balaban J connectivity index is 1.75. The fourth-order valence-electron chi connectivity index (χ4n) is 8.47. The predicted octanol–water partition coefficient (Wildman–Crippen LogP) is 1.72. The number of carbonyl (C=O) groups excluding carboxylic acids is 3. The van der Waals surface area contributed by atoms with E-state index < -0.39 is 116 Å². The first-order valence-electron chi connectivity index (χ1n) is 20.1. The Labute approximate surface area is 326 Å². The van der Waals surface area contributed by atoms with E-state index in [0.717, 1.165) is 38.5 Å². The average molecular weight is 813 g/mol. The van der Waals surface area contributed by atoms with Crippen molar-refractivity contribution in [1.29, 1.82) is 0 Å².